The average molecular weight is 281 g/mol. The summed E-state index contributed by atoms with van der Waals surface area (Å²) in [5.41, 5.74) is 4.08. The van der Waals surface area contributed by atoms with E-state index in [1.165, 1.54) is 11.6 Å². The van der Waals surface area contributed by atoms with E-state index in [0.29, 0.717) is 30.2 Å². The van der Waals surface area contributed by atoms with E-state index in [2.05, 4.69) is 4.98 Å². The first-order valence-corrected chi connectivity index (χ1v) is 6.55. The molecule has 0 amide bonds. The molecular weight excluding hydrogens is 270 g/mol. The van der Waals surface area contributed by atoms with Crippen molar-refractivity contribution in [3.63, 3.8) is 0 Å². The molecule has 21 heavy (non-hydrogen) atoms. The van der Waals surface area contributed by atoms with E-state index in [1.807, 2.05) is 18.2 Å². The molecule has 104 valence electrons. The maximum absolute atomic E-state index is 11.2. The second-order valence-electron chi connectivity index (χ2n) is 4.95. The van der Waals surface area contributed by atoms with Gasteiger partial charge < -0.3 is 14.3 Å². The second-order valence-corrected chi connectivity index (χ2v) is 4.95. The number of ether oxygens (including phenoxy) is 1. The van der Waals surface area contributed by atoms with Crippen LogP contribution in [0.3, 0.4) is 0 Å². The van der Waals surface area contributed by atoms with Crippen molar-refractivity contribution in [2.24, 2.45) is 0 Å². The highest BCUT2D eigenvalue weighted by molar-refractivity contribution is 6.00. The van der Waals surface area contributed by atoms with Crippen LogP contribution in [0.15, 0.2) is 40.8 Å². The highest BCUT2D eigenvalue weighted by atomic mass is 16.5. The maximum Gasteiger partial charge on any atom is 0.339 e. The number of nitrogens with zero attached hydrogens (tertiary/aromatic N) is 1. The number of rotatable bonds is 2. The standard InChI is InChI=1S/C16H11NO4/c18-16(19)12-2-1-3-13-14(12)21-15(17-13)9-4-5-10-7-20-8-11(10)6-9/h1-6H,7-8H2,(H,18,19). The van der Waals surface area contributed by atoms with Crippen molar-refractivity contribution < 1.29 is 19.1 Å². The SMILES string of the molecule is O=C(O)c1cccc2nc(-c3ccc4c(c3)COC4)oc12. The molecule has 1 aromatic heterocycles. The number of fused-ring (bicyclic) bond motifs is 2. The predicted molar refractivity (Wildman–Crippen MR) is 74.9 cm³/mol. The van der Waals surface area contributed by atoms with Crippen LogP contribution in [0.4, 0.5) is 0 Å². The summed E-state index contributed by atoms with van der Waals surface area (Å²) in [7, 11) is 0. The number of aromatic nitrogens is 1. The van der Waals surface area contributed by atoms with Crippen LogP contribution >= 0.6 is 0 Å². The van der Waals surface area contributed by atoms with Crippen molar-refractivity contribution >= 4 is 17.1 Å². The molecule has 3 aromatic rings. The number of oxazole rings is 1. The van der Waals surface area contributed by atoms with Crippen molar-refractivity contribution in [2.75, 3.05) is 0 Å². The molecule has 4 rings (SSSR count). The molecule has 0 radical (unpaired) electrons. The van der Waals surface area contributed by atoms with Crippen molar-refractivity contribution in [1.82, 2.24) is 4.98 Å². The van der Waals surface area contributed by atoms with Crippen LogP contribution in [0, 0.1) is 0 Å². The summed E-state index contributed by atoms with van der Waals surface area (Å²) in [6.07, 6.45) is 0. The van der Waals surface area contributed by atoms with E-state index in [1.54, 1.807) is 12.1 Å². The molecule has 0 bridgehead atoms. The third-order valence-electron chi connectivity index (χ3n) is 3.61. The van der Waals surface area contributed by atoms with Crippen molar-refractivity contribution in [1.29, 1.82) is 0 Å². The Balaban J connectivity index is 1.87. The van der Waals surface area contributed by atoms with Crippen LogP contribution in [0.2, 0.25) is 0 Å². The minimum absolute atomic E-state index is 0.121. The van der Waals surface area contributed by atoms with Gasteiger partial charge in [-0.3, -0.25) is 0 Å². The molecular formula is C16H11NO4. The Bertz CT molecular complexity index is 866. The number of carboxylic acids is 1. The molecule has 1 N–H and O–H groups in total. The number of aromatic carboxylic acids is 1. The normalized spacial score (nSPS) is 13.5. The highest BCUT2D eigenvalue weighted by Gasteiger charge is 2.17. The fraction of sp³-hybridized carbons (Fsp3) is 0.125. The predicted octanol–water partition coefficient (Wildman–Crippen LogP) is 3.22. The van der Waals surface area contributed by atoms with E-state index in [9.17, 15) is 9.90 Å². The van der Waals surface area contributed by atoms with Gasteiger partial charge in [0.05, 0.1) is 13.2 Å². The van der Waals surface area contributed by atoms with Gasteiger partial charge in [-0.1, -0.05) is 12.1 Å². The average Bonchev–Trinajstić information content (AvgIpc) is 3.11. The lowest BCUT2D eigenvalue weighted by Gasteiger charge is -1.99. The first-order chi connectivity index (χ1) is 10.2. The van der Waals surface area contributed by atoms with Crippen LogP contribution < -0.4 is 0 Å². The van der Waals surface area contributed by atoms with E-state index in [-0.39, 0.29) is 5.56 Å². The summed E-state index contributed by atoms with van der Waals surface area (Å²) in [4.78, 5) is 15.6. The number of para-hydroxylation sites is 1. The van der Waals surface area contributed by atoms with Crippen molar-refractivity contribution in [3.05, 3.63) is 53.1 Å². The van der Waals surface area contributed by atoms with Gasteiger partial charge in [0.15, 0.2) is 5.58 Å². The molecule has 5 nitrogen and oxygen atoms in total. The Kier molecular flexibility index (Phi) is 2.55. The van der Waals surface area contributed by atoms with Gasteiger partial charge in [-0.25, -0.2) is 9.78 Å². The zero-order valence-corrected chi connectivity index (χ0v) is 11.0. The summed E-state index contributed by atoms with van der Waals surface area (Å²) < 4.78 is 11.1. The fourth-order valence-corrected chi connectivity index (χ4v) is 2.55. The van der Waals surface area contributed by atoms with Crippen LogP contribution in [0.5, 0.6) is 0 Å². The zero-order valence-electron chi connectivity index (χ0n) is 11.0. The molecule has 0 fully saturated rings. The second kappa shape index (κ2) is 4.43. The Labute approximate surface area is 119 Å². The summed E-state index contributed by atoms with van der Waals surface area (Å²) in [5, 5.41) is 9.19. The minimum Gasteiger partial charge on any atom is -0.478 e. The molecule has 1 aliphatic heterocycles. The van der Waals surface area contributed by atoms with E-state index in [0.717, 1.165) is 11.1 Å². The Morgan fingerprint density at radius 3 is 2.86 bits per heavy atom. The summed E-state index contributed by atoms with van der Waals surface area (Å²) >= 11 is 0. The largest absolute Gasteiger partial charge is 0.478 e. The lowest BCUT2D eigenvalue weighted by Crippen LogP contribution is -1.95. The van der Waals surface area contributed by atoms with Crippen LogP contribution in [0.25, 0.3) is 22.6 Å². The summed E-state index contributed by atoms with van der Waals surface area (Å²) in [6.45, 7) is 1.22. The van der Waals surface area contributed by atoms with Gasteiger partial charge in [0, 0.05) is 5.56 Å². The lowest BCUT2D eigenvalue weighted by molar-refractivity contribution is 0.0698. The number of benzene rings is 2. The summed E-state index contributed by atoms with van der Waals surface area (Å²) in [5.74, 6) is -0.598. The minimum atomic E-state index is -1.02. The maximum atomic E-state index is 11.2. The Morgan fingerprint density at radius 1 is 1.14 bits per heavy atom. The van der Waals surface area contributed by atoms with Crippen molar-refractivity contribution in [3.8, 4) is 11.5 Å². The fourth-order valence-electron chi connectivity index (χ4n) is 2.55. The molecule has 0 atom stereocenters. The van der Waals surface area contributed by atoms with Gasteiger partial charge in [-0.15, -0.1) is 0 Å². The molecule has 2 aromatic carbocycles. The topological polar surface area (TPSA) is 72.6 Å². The molecule has 0 saturated carbocycles. The first kappa shape index (κ1) is 12.1. The molecule has 0 aliphatic carbocycles. The first-order valence-electron chi connectivity index (χ1n) is 6.55. The van der Waals surface area contributed by atoms with Gasteiger partial charge in [-0.2, -0.15) is 0 Å². The van der Waals surface area contributed by atoms with Crippen LogP contribution in [-0.4, -0.2) is 16.1 Å². The van der Waals surface area contributed by atoms with Crippen molar-refractivity contribution in [2.45, 2.75) is 13.2 Å². The van der Waals surface area contributed by atoms with Gasteiger partial charge in [-0.05, 0) is 35.4 Å². The van der Waals surface area contributed by atoms with Gasteiger partial charge in [0.25, 0.3) is 0 Å². The third-order valence-corrected chi connectivity index (χ3v) is 3.61. The van der Waals surface area contributed by atoms with E-state index in [4.69, 9.17) is 9.15 Å². The van der Waals surface area contributed by atoms with Gasteiger partial charge in [0.2, 0.25) is 5.89 Å². The Morgan fingerprint density at radius 2 is 2.00 bits per heavy atom. The van der Waals surface area contributed by atoms with Gasteiger partial charge >= 0.3 is 5.97 Å². The molecule has 0 spiro atoms. The lowest BCUT2D eigenvalue weighted by atomic mass is 10.1. The number of hydrogen-bond donors (Lipinski definition) is 1. The van der Waals surface area contributed by atoms with E-state index < -0.39 is 5.97 Å². The monoisotopic (exact) mass is 281 g/mol. The number of carbonyl (C=O) groups is 1. The molecule has 2 heterocycles. The van der Waals surface area contributed by atoms with E-state index >= 15 is 0 Å². The molecule has 5 heteroatoms. The smallest absolute Gasteiger partial charge is 0.339 e. The zero-order chi connectivity index (χ0) is 14.4. The van der Waals surface area contributed by atoms with Crippen LogP contribution in [-0.2, 0) is 18.0 Å². The molecule has 0 saturated heterocycles. The number of hydrogen-bond acceptors (Lipinski definition) is 4. The molecule has 0 unspecified atom stereocenters. The van der Waals surface area contributed by atoms with Gasteiger partial charge in [0.1, 0.15) is 11.1 Å². The summed E-state index contributed by atoms with van der Waals surface area (Å²) in [6, 6.07) is 10.8. The third kappa shape index (κ3) is 1.90. The molecule has 1 aliphatic rings. The van der Waals surface area contributed by atoms with Crippen LogP contribution in [0.1, 0.15) is 21.5 Å². The quantitative estimate of drug-likeness (QED) is 0.780. The number of carboxylic acid groups (broad SMARTS) is 1. The highest BCUT2D eigenvalue weighted by Crippen LogP contribution is 2.30. The Hall–Kier alpha value is -2.66.